The molecule has 2 rings (SSSR count). The third-order valence-corrected chi connectivity index (χ3v) is 2.29. The van der Waals surface area contributed by atoms with E-state index in [1.54, 1.807) is 11.6 Å². The van der Waals surface area contributed by atoms with Gasteiger partial charge in [-0.3, -0.25) is 4.68 Å². The molecule has 0 aliphatic carbocycles. The summed E-state index contributed by atoms with van der Waals surface area (Å²) in [7, 11) is 1.83. The summed E-state index contributed by atoms with van der Waals surface area (Å²) in [6.07, 6.45) is 1.43. The van der Waals surface area contributed by atoms with E-state index in [4.69, 9.17) is 0 Å². The lowest BCUT2D eigenvalue weighted by Crippen LogP contribution is -1.90. The fraction of sp³-hybridized carbons (Fsp3) is 0.273. The molecule has 78 valence electrons. The Hall–Kier alpha value is -1.68. The molecule has 1 unspecified atom stereocenters. The number of hydrogen-bond donors (Lipinski definition) is 1. The molecule has 0 aliphatic rings. The second-order valence-electron chi connectivity index (χ2n) is 3.58. The van der Waals surface area contributed by atoms with E-state index in [0.29, 0.717) is 0 Å². The maximum absolute atomic E-state index is 9.36. The molecule has 1 heterocycles. The van der Waals surface area contributed by atoms with Gasteiger partial charge < -0.3 is 5.11 Å². The van der Waals surface area contributed by atoms with E-state index >= 15 is 0 Å². The highest BCUT2D eigenvalue weighted by Crippen LogP contribution is 2.19. The number of benzene rings is 1. The molecule has 0 radical (unpaired) electrons. The third-order valence-electron chi connectivity index (χ3n) is 2.29. The van der Waals surface area contributed by atoms with Gasteiger partial charge >= 0.3 is 0 Å². The highest BCUT2D eigenvalue weighted by Gasteiger charge is 2.04. The first-order valence-corrected chi connectivity index (χ1v) is 4.81. The van der Waals surface area contributed by atoms with Crippen molar-refractivity contribution in [3.63, 3.8) is 0 Å². The van der Waals surface area contributed by atoms with E-state index < -0.39 is 6.10 Å². The largest absolute Gasteiger partial charge is 0.389 e. The predicted molar refractivity (Wildman–Crippen MR) is 57.1 cm³/mol. The van der Waals surface area contributed by atoms with Crippen LogP contribution in [0.1, 0.15) is 18.6 Å². The molecule has 0 saturated heterocycles. The standard InChI is InChI=1S/C11H13N3O/c1-8(15)9-3-5-10(6-4-9)11-7-14(2)13-12-11/h3-8,15H,1-2H3. The lowest BCUT2D eigenvalue weighted by molar-refractivity contribution is 0.199. The molecule has 1 aromatic carbocycles. The van der Waals surface area contributed by atoms with E-state index in [-0.39, 0.29) is 0 Å². The molecular weight excluding hydrogens is 190 g/mol. The monoisotopic (exact) mass is 203 g/mol. The first-order valence-electron chi connectivity index (χ1n) is 4.81. The molecule has 0 saturated carbocycles. The van der Waals surface area contributed by atoms with Gasteiger partial charge in [0.15, 0.2) is 0 Å². The Morgan fingerprint density at radius 1 is 1.27 bits per heavy atom. The summed E-state index contributed by atoms with van der Waals surface area (Å²) in [5, 5.41) is 17.2. The Kier molecular flexibility index (Phi) is 2.51. The minimum atomic E-state index is -0.430. The van der Waals surface area contributed by atoms with Crippen LogP contribution in [0.4, 0.5) is 0 Å². The summed E-state index contributed by atoms with van der Waals surface area (Å²) in [6, 6.07) is 7.67. The first kappa shape index (κ1) is 9.86. The predicted octanol–water partition coefficient (Wildman–Crippen LogP) is 1.54. The van der Waals surface area contributed by atoms with Gasteiger partial charge in [-0.1, -0.05) is 29.5 Å². The average Bonchev–Trinajstić information content (AvgIpc) is 2.65. The molecule has 0 amide bonds. The van der Waals surface area contributed by atoms with Crippen LogP contribution in [-0.4, -0.2) is 20.1 Å². The van der Waals surface area contributed by atoms with Gasteiger partial charge in [-0.2, -0.15) is 0 Å². The van der Waals surface area contributed by atoms with Crippen LogP contribution >= 0.6 is 0 Å². The lowest BCUT2D eigenvalue weighted by Gasteiger charge is -2.04. The van der Waals surface area contributed by atoms with Crippen LogP contribution in [0, 0.1) is 0 Å². The Balaban J connectivity index is 2.31. The van der Waals surface area contributed by atoms with Gasteiger partial charge in [0.05, 0.1) is 12.3 Å². The Bertz CT molecular complexity index is 445. The van der Waals surface area contributed by atoms with Crippen LogP contribution in [0.2, 0.25) is 0 Å². The van der Waals surface area contributed by atoms with Crippen molar-refractivity contribution in [1.29, 1.82) is 0 Å². The summed E-state index contributed by atoms with van der Waals surface area (Å²) in [5.74, 6) is 0. The maximum Gasteiger partial charge on any atom is 0.113 e. The smallest absolute Gasteiger partial charge is 0.113 e. The molecule has 15 heavy (non-hydrogen) atoms. The van der Waals surface area contributed by atoms with Crippen molar-refractivity contribution in [3.05, 3.63) is 36.0 Å². The minimum Gasteiger partial charge on any atom is -0.389 e. The molecule has 0 spiro atoms. The van der Waals surface area contributed by atoms with Crippen LogP contribution in [0.15, 0.2) is 30.5 Å². The van der Waals surface area contributed by atoms with Crippen molar-refractivity contribution in [2.75, 3.05) is 0 Å². The second kappa shape index (κ2) is 3.82. The van der Waals surface area contributed by atoms with Crippen molar-refractivity contribution in [3.8, 4) is 11.3 Å². The molecule has 1 atom stereocenters. The Morgan fingerprint density at radius 3 is 2.40 bits per heavy atom. The van der Waals surface area contributed by atoms with Gasteiger partial charge in [0.2, 0.25) is 0 Å². The van der Waals surface area contributed by atoms with Gasteiger partial charge in [-0.05, 0) is 12.5 Å². The number of nitrogens with zero attached hydrogens (tertiary/aromatic N) is 3. The molecule has 2 aromatic rings. The topological polar surface area (TPSA) is 50.9 Å². The van der Waals surface area contributed by atoms with Crippen molar-refractivity contribution >= 4 is 0 Å². The number of rotatable bonds is 2. The fourth-order valence-corrected chi connectivity index (χ4v) is 1.41. The van der Waals surface area contributed by atoms with Crippen LogP contribution < -0.4 is 0 Å². The van der Waals surface area contributed by atoms with Gasteiger partial charge in [-0.15, -0.1) is 5.10 Å². The Morgan fingerprint density at radius 2 is 1.93 bits per heavy atom. The quantitative estimate of drug-likeness (QED) is 0.805. The van der Waals surface area contributed by atoms with E-state index in [9.17, 15) is 5.11 Å². The van der Waals surface area contributed by atoms with E-state index in [0.717, 1.165) is 16.8 Å². The van der Waals surface area contributed by atoms with E-state index in [2.05, 4.69) is 10.3 Å². The number of aromatic nitrogens is 3. The Labute approximate surface area is 88.2 Å². The molecule has 1 aromatic heterocycles. The van der Waals surface area contributed by atoms with Crippen LogP contribution in [0.25, 0.3) is 11.3 Å². The first-order chi connectivity index (χ1) is 7.16. The van der Waals surface area contributed by atoms with Crippen LogP contribution in [0.3, 0.4) is 0 Å². The SMILES string of the molecule is CC(O)c1ccc(-c2cn(C)nn2)cc1. The lowest BCUT2D eigenvalue weighted by atomic mass is 10.1. The second-order valence-corrected chi connectivity index (χ2v) is 3.58. The molecular formula is C11H13N3O. The number of aryl methyl sites for hydroxylation is 1. The molecule has 4 heteroatoms. The van der Waals surface area contributed by atoms with Crippen molar-refractivity contribution in [2.24, 2.45) is 7.05 Å². The van der Waals surface area contributed by atoms with E-state index in [1.807, 2.05) is 37.5 Å². The third kappa shape index (κ3) is 2.05. The summed E-state index contributed by atoms with van der Waals surface area (Å²) >= 11 is 0. The fourth-order valence-electron chi connectivity index (χ4n) is 1.41. The molecule has 0 fully saturated rings. The number of hydrogen-bond acceptors (Lipinski definition) is 3. The maximum atomic E-state index is 9.36. The van der Waals surface area contributed by atoms with Crippen LogP contribution in [-0.2, 0) is 7.05 Å². The van der Waals surface area contributed by atoms with Gasteiger partial charge in [0.1, 0.15) is 5.69 Å². The highest BCUT2D eigenvalue weighted by molar-refractivity contribution is 5.58. The van der Waals surface area contributed by atoms with E-state index in [1.165, 1.54) is 0 Å². The average molecular weight is 203 g/mol. The molecule has 4 nitrogen and oxygen atoms in total. The zero-order valence-corrected chi connectivity index (χ0v) is 8.75. The zero-order valence-electron chi connectivity index (χ0n) is 8.75. The molecule has 0 bridgehead atoms. The van der Waals surface area contributed by atoms with Gasteiger partial charge in [-0.25, -0.2) is 0 Å². The van der Waals surface area contributed by atoms with Gasteiger partial charge in [0.25, 0.3) is 0 Å². The summed E-state index contributed by atoms with van der Waals surface area (Å²) < 4.78 is 1.66. The summed E-state index contributed by atoms with van der Waals surface area (Å²) in [5.41, 5.74) is 2.75. The normalized spacial score (nSPS) is 12.7. The molecule has 1 N–H and O–H groups in total. The van der Waals surface area contributed by atoms with Crippen molar-refractivity contribution in [1.82, 2.24) is 15.0 Å². The summed E-state index contributed by atoms with van der Waals surface area (Å²) in [6.45, 7) is 1.75. The highest BCUT2D eigenvalue weighted by atomic mass is 16.3. The van der Waals surface area contributed by atoms with Crippen molar-refractivity contribution < 1.29 is 5.11 Å². The number of aliphatic hydroxyl groups is 1. The molecule has 0 aliphatic heterocycles. The number of aliphatic hydroxyl groups excluding tert-OH is 1. The van der Waals surface area contributed by atoms with Crippen LogP contribution in [0.5, 0.6) is 0 Å². The van der Waals surface area contributed by atoms with Gasteiger partial charge in [0, 0.05) is 12.6 Å². The zero-order chi connectivity index (χ0) is 10.8. The minimum absolute atomic E-state index is 0.430. The van der Waals surface area contributed by atoms with Crippen molar-refractivity contribution in [2.45, 2.75) is 13.0 Å². The summed E-state index contributed by atoms with van der Waals surface area (Å²) in [4.78, 5) is 0.